The Morgan fingerprint density at radius 2 is 1.82 bits per heavy atom. The maximum atomic E-state index is 13.2. The van der Waals surface area contributed by atoms with Crippen LogP contribution in [0.2, 0.25) is 0 Å². The fraction of sp³-hybridized carbons (Fsp3) is 0.217. The normalized spacial score (nSPS) is 14.0. The molecule has 142 valence electrons. The van der Waals surface area contributed by atoms with Crippen LogP contribution in [0.1, 0.15) is 15.9 Å². The highest BCUT2D eigenvalue weighted by molar-refractivity contribution is 6.09. The fourth-order valence-electron chi connectivity index (χ4n) is 3.43. The van der Waals surface area contributed by atoms with Crippen LogP contribution in [0, 0.1) is 6.92 Å². The number of nitrogens with zero attached hydrogens (tertiary/aromatic N) is 2. The Hall–Kier alpha value is -3.18. The maximum absolute atomic E-state index is 13.2. The number of amides is 1. The topological polar surface area (TPSA) is 54.5 Å². The Balaban J connectivity index is 1.65. The molecule has 1 amide bonds. The van der Waals surface area contributed by atoms with Crippen LogP contribution in [0.15, 0.2) is 66.9 Å². The van der Waals surface area contributed by atoms with Gasteiger partial charge in [-0.1, -0.05) is 30.3 Å². The van der Waals surface area contributed by atoms with Gasteiger partial charge in [-0.05, 0) is 42.8 Å². The van der Waals surface area contributed by atoms with Crippen molar-refractivity contribution in [2.24, 2.45) is 0 Å². The van der Waals surface area contributed by atoms with Crippen LogP contribution < -0.4 is 10.2 Å². The molecule has 5 heteroatoms. The van der Waals surface area contributed by atoms with Crippen LogP contribution in [0.5, 0.6) is 0 Å². The minimum absolute atomic E-state index is 0.120. The molecule has 1 N–H and O–H groups in total. The van der Waals surface area contributed by atoms with E-state index < -0.39 is 0 Å². The first kappa shape index (κ1) is 18.2. The van der Waals surface area contributed by atoms with Gasteiger partial charge in [0.15, 0.2) is 0 Å². The third-order valence-corrected chi connectivity index (χ3v) is 4.87. The van der Waals surface area contributed by atoms with E-state index in [9.17, 15) is 4.79 Å². The number of carbonyl (C=O) groups is 1. The zero-order valence-electron chi connectivity index (χ0n) is 15.9. The molecule has 0 aliphatic carbocycles. The summed E-state index contributed by atoms with van der Waals surface area (Å²) in [5.74, 6) is -0.120. The van der Waals surface area contributed by atoms with Crippen molar-refractivity contribution < 1.29 is 9.53 Å². The molecule has 0 bridgehead atoms. The van der Waals surface area contributed by atoms with Crippen LogP contribution >= 0.6 is 0 Å². The van der Waals surface area contributed by atoms with Crippen LogP contribution in [-0.2, 0) is 4.74 Å². The van der Waals surface area contributed by atoms with Crippen molar-refractivity contribution in [2.75, 3.05) is 36.5 Å². The lowest BCUT2D eigenvalue weighted by Gasteiger charge is -2.30. The second-order valence-electron chi connectivity index (χ2n) is 6.83. The molecular formula is C23H23N3O2. The number of rotatable bonds is 4. The summed E-state index contributed by atoms with van der Waals surface area (Å²) in [4.78, 5) is 19.8. The molecule has 1 aromatic heterocycles. The largest absolute Gasteiger partial charge is 0.378 e. The van der Waals surface area contributed by atoms with Crippen molar-refractivity contribution in [1.82, 2.24) is 4.98 Å². The van der Waals surface area contributed by atoms with E-state index in [0.29, 0.717) is 18.8 Å². The number of para-hydroxylation sites is 1. The van der Waals surface area contributed by atoms with Gasteiger partial charge in [0.25, 0.3) is 5.91 Å². The Kier molecular flexibility index (Phi) is 5.35. The molecule has 4 rings (SSSR count). The first-order chi connectivity index (χ1) is 13.7. The molecule has 1 saturated heterocycles. The number of hydrogen-bond donors (Lipinski definition) is 1. The van der Waals surface area contributed by atoms with Crippen LogP contribution in [0.25, 0.3) is 11.3 Å². The number of carbonyl (C=O) groups excluding carboxylic acids is 1. The third-order valence-electron chi connectivity index (χ3n) is 4.87. The number of ether oxygens (including phenoxy) is 1. The average molecular weight is 373 g/mol. The Morgan fingerprint density at radius 3 is 2.61 bits per heavy atom. The van der Waals surface area contributed by atoms with Crippen molar-refractivity contribution in [2.45, 2.75) is 6.92 Å². The van der Waals surface area contributed by atoms with Crippen LogP contribution in [0.4, 0.5) is 11.4 Å². The van der Waals surface area contributed by atoms with E-state index in [1.54, 1.807) is 6.20 Å². The summed E-state index contributed by atoms with van der Waals surface area (Å²) < 4.78 is 5.46. The number of hydrogen-bond acceptors (Lipinski definition) is 4. The Bertz CT molecular complexity index is 967. The van der Waals surface area contributed by atoms with Crippen LogP contribution in [-0.4, -0.2) is 37.2 Å². The number of nitrogens with one attached hydrogen (secondary N) is 1. The molecule has 0 spiro atoms. The van der Waals surface area contributed by atoms with Crippen molar-refractivity contribution in [1.29, 1.82) is 0 Å². The fourth-order valence-corrected chi connectivity index (χ4v) is 3.43. The van der Waals surface area contributed by atoms with E-state index in [1.807, 2.05) is 61.5 Å². The van der Waals surface area contributed by atoms with Crippen LogP contribution in [0.3, 0.4) is 0 Å². The second-order valence-corrected chi connectivity index (χ2v) is 6.83. The predicted octanol–water partition coefficient (Wildman–Crippen LogP) is 4.15. The molecule has 5 nitrogen and oxygen atoms in total. The highest BCUT2D eigenvalue weighted by Crippen LogP contribution is 2.28. The molecule has 2 aromatic carbocycles. The average Bonchev–Trinajstić information content (AvgIpc) is 2.75. The zero-order valence-corrected chi connectivity index (χ0v) is 15.9. The number of benzene rings is 2. The highest BCUT2D eigenvalue weighted by Gasteiger charge is 2.20. The number of aryl methyl sites for hydroxylation is 1. The summed E-state index contributed by atoms with van der Waals surface area (Å²) in [7, 11) is 0. The minimum atomic E-state index is -0.120. The molecule has 1 aliphatic heterocycles. The summed E-state index contributed by atoms with van der Waals surface area (Å²) in [6.45, 7) is 4.97. The standard InChI is InChI=1S/C23H23N3O2/c1-17-9-10-19(22(16-17)26-12-14-28-15-13-26)23(27)25-21-8-3-2-6-18(21)20-7-4-5-11-24-20/h2-11,16H,12-15H2,1H3,(H,25,27). The lowest BCUT2D eigenvalue weighted by atomic mass is 10.1. The van der Waals surface area contributed by atoms with E-state index in [-0.39, 0.29) is 5.91 Å². The summed E-state index contributed by atoms with van der Waals surface area (Å²) in [6, 6.07) is 19.5. The molecular weight excluding hydrogens is 350 g/mol. The van der Waals surface area contributed by atoms with E-state index in [1.165, 1.54) is 0 Å². The molecule has 0 atom stereocenters. The Morgan fingerprint density at radius 1 is 1.04 bits per heavy atom. The maximum Gasteiger partial charge on any atom is 0.257 e. The van der Waals surface area contributed by atoms with Gasteiger partial charge in [-0.2, -0.15) is 0 Å². The van der Waals surface area contributed by atoms with Gasteiger partial charge in [-0.15, -0.1) is 0 Å². The molecule has 0 saturated carbocycles. The molecule has 28 heavy (non-hydrogen) atoms. The van der Waals surface area contributed by atoms with Gasteiger partial charge < -0.3 is 15.0 Å². The van der Waals surface area contributed by atoms with E-state index >= 15 is 0 Å². The lowest BCUT2D eigenvalue weighted by Crippen LogP contribution is -2.37. The first-order valence-corrected chi connectivity index (χ1v) is 9.47. The SMILES string of the molecule is Cc1ccc(C(=O)Nc2ccccc2-c2ccccn2)c(N2CCOCC2)c1. The van der Waals surface area contributed by atoms with Gasteiger partial charge in [0, 0.05) is 30.5 Å². The van der Waals surface area contributed by atoms with Gasteiger partial charge in [-0.3, -0.25) is 9.78 Å². The third kappa shape index (κ3) is 3.89. The van der Waals surface area contributed by atoms with Gasteiger partial charge >= 0.3 is 0 Å². The van der Waals surface area contributed by atoms with Gasteiger partial charge in [-0.25, -0.2) is 0 Å². The zero-order chi connectivity index (χ0) is 19.3. The quantitative estimate of drug-likeness (QED) is 0.747. The molecule has 2 heterocycles. The molecule has 0 unspecified atom stereocenters. The first-order valence-electron chi connectivity index (χ1n) is 9.47. The minimum Gasteiger partial charge on any atom is -0.378 e. The monoisotopic (exact) mass is 373 g/mol. The number of aromatic nitrogens is 1. The van der Waals surface area contributed by atoms with E-state index in [0.717, 1.165) is 41.3 Å². The number of morpholine rings is 1. The smallest absolute Gasteiger partial charge is 0.257 e. The predicted molar refractivity (Wildman–Crippen MR) is 112 cm³/mol. The molecule has 0 radical (unpaired) electrons. The second kappa shape index (κ2) is 8.23. The van der Waals surface area contributed by atoms with Gasteiger partial charge in [0.05, 0.1) is 30.2 Å². The van der Waals surface area contributed by atoms with E-state index in [4.69, 9.17) is 4.74 Å². The number of pyridine rings is 1. The van der Waals surface area contributed by atoms with Gasteiger partial charge in [0.1, 0.15) is 0 Å². The van der Waals surface area contributed by atoms with Crippen molar-refractivity contribution >= 4 is 17.3 Å². The summed E-state index contributed by atoms with van der Waals surface area (Å²) in [6.07, 6.45) is 1.75. The lowest BCUT2D eigenvalue weighted by molar-refractivity contribution is 0.102. The highest BCUT2D eigenvalue weighted by atomic mass is 16.5. The van der Waals surface area contributed by atoms with E-state index in [2.05, 4.69) is 21.3 Å². The van der Waals surface area contributed by atoms with Crippen molar-refractivity contribution in [3.8, 4) is 11.3 Å². The van der Waals surface area contributed by atoms with Crippen molar-refractivity contribution in [3.05, 3.63) is 78.0 Å². The summed E-state index contributed by atoms with van der Waals surface area (Å²) >= 11 is 0. The van der Waals surface area contributed by atoms with Crippen molar-refractivity contribution in [3.63, 3.8) is 0 Å². The summed E-state index contributed by atoms with van der Waals surface area (Å²) in [5.41, 5.74) is 5.23. The molecule has 1 fully saturated rings. The van der Waals surface area contributed by atoms with Gasteiger partial charge in [0.2, 0.25) is 0 Å². The molecule has 1 aliphatic rings. The summed E-state index contributed by atoms with van der Waals surface area (Å²) in [5, 5.41) is 3.09. The Labute approximate surface area is 165 Å². The number of anilines is 2. The molecule has 3 aromatic rings.